The van der Waals surface area contributed by atoms with Crippen LogP contribution >= 0.6 is 0 Å². The first-order valence-electron chi connectivity index (χ1n) is 6.67. The standard InChI is InChI=1S/C15H17N3O/c19-15(17-10-11-7-8-16-9-11)14-6-5-12-3-1-2-4-13(12)18-14/h1-6,11,16H,7-10H2,(H,17,19). The van der Waals surface area contributed by atoms with Crippen molar-refractivity contribution in [2.24, 2.45) is 5.92 Å². The Morgan fingerprint density at radius 2 is 2.21 bits per heavy atom. The predicted molar refractivity (Wildman–Crippen MR) is 75.1 cm³/mol. The Morgan fingerprint density at radius 1 is 1.32 bits per heavy atom. The van der Waals surface area contributed by atoms with Crippen molar-refractivity contribution in [3.05, 3.63) is 42.1 Å². The van der Waals surface area contributed by atoms with Crippen LogP contribution in [0.2, 0.25) is 0 Å². The van der Waals surface area contributed by atoms with E-state index in [0.29, 0.717) is 11.6 Å². The zero-order valence-corrected chi connectivity index (χ0v) is 10.7. The Kier molecular flexibility index (Phi) is 3.42. The summed E-state index contributed by atoms with van der Waals surface area (Å²) in [6.07, 6.45) is 1.13. The third-order valence-corrected chi connectivity index (χ3v) is 3.54. The number of amides is 1. The molecule has 1 aliphatic heterocycles. The van der Waals surface area contributed by atoms with E-state index >= 15 is 0 Å². The normalized spacial score (nSPS) is 18.6. The van der Waals surface area contributed by atoms with Crippen LogP contribution in [0.4, 0.5) is 0 Å². The van der Waals surface area contributed by atoms with Gasteiger partial charge in [0.05, 0.1) is 5.52 Å². The highest BCUT2D eigenvalue weighted by Crippen LogP contribution is 2.12. The lowest BCUT2D eigenvalue weighted by Gasteiger charge is -2.09. The number of carbonyl (C=O) groups excluding carboxylic acids is 1. The van der Waals surface area contributed by atoms with Crippen LogP contribution in [0.1, 0.15) is 16.9 Å². The summed E-state index contributed by atoms with van der Waals surface area (Å²) in [7, 11) is 0. The van der Waals surface area contributed by atoms with Gasteiger partial charge >= 0.3 is 0 Å². The van der Waals surface area contributed by atoms with Crippen LogP contribution in [0.3, 0.4) is 0 Å². The fourth-order valence-electron chi connectivity index (χ4n) is 2.41. The van der Waals surface area contributed by atoms with Gasteiger partial charge < -0.3 is 10.6 Å². The number of benzene rings is 1. The fourth-order valence-corrected chi connectivity index (χ4v) is 2.41. The van der Waals surface area contributed by atoms with Crippen LogP contribution < -0.4 is 10.6 Å². The molecule has 0 aliphatic carbocycles. The SMILES string of the molecule is O=C(NCC1CCNC1)c1ccc2ccccc2n1. The average Bonchev–Trinajstić information content (AvgIpc) is 2.97. The number of para-hydroxylation sites is 1. The molecule has 4 heteroatoms. The summed E-state index contributed by atoms with van der Waals surface area (Å²) in [5, 5.41) is 7.31. The molecular formula is C15H17N3O. The van der Waals surface area contributed by atoms with Gasteiger partial charge in [-0.3, -0.25) is 4.79 Å². The van der Waals surface area contributed by atoms with E-state index in [4.69, 9.17) is 0 Å². The molecule has 1 saturated heterocycles. The molecule has 0 saturated carbocycles. The van der Waals surface area contributed by atoms with E-state index in [0.717, 1.165) is 37.0 Å². The monoisotopic (exact) mass is 255 g/mol. The second-order valence-corrected chi connectivity index (χ2v) is 4.96. The summed E-state index contributed by atoms with van der Waals surface area (Å²) < 4.78 is 0. The lowest BCUT2D eigenvalue weighted by Crippen LogP contribution is -2.30. The molecule has 2 heterocycles. The Balaban J connectivity index is 1.70. The summed E-state index contributed by atoms with van der Waals surface area (Å²) in [6, 6.07) is 11.5. The predicted octanol–water partition coefficient (Wildman–Crippen LogP) is 1.57. The van der Waals surface area contributed by atoms with Gasteiger partial charge in [0.1, 0.15) is 5.69 Å². The first-order valence-corrected chi connectivity index (χ1v) is 6.67. The highest BCUT2D eigenvalue weighted by atomic mass is 16.1. The molecule has 2 N–H and O–H groups in total. The molecule has 1 aromatic heterocycles. The second-order valence-electron chi connectivity index (χ2n) is 4.96. The van der Waals surface area contributed by atoms with E-state index in [1.54, 1.807) is 6.07 Å². The van der Waals surface area contributed by atoms with Gasteiger partial charge in [-0.05, 0) is 37.6 Å². The molecule has 1 aromatic carbocycles. The number of rotatable bonds is 3. The van der Waals surface area contributed by atoms with Crippen molar-refractivity contribution in [1.82, 2.24) is 15.6 Å². The Morgan fingerprint density at radius 3 is 3.05 bits per heavy atom. The van der Waals surface area contributed by atoms with Gasteiger partial charge in [-0.25, -0.2) is 4.98 Å². The topological polar surface area (TPSA) is 54.0 Å². The highest BCUT2D eigenvalue weighted by Gasteiger charge is 2.16. The number of hydrogen-bond acceptors (Lipinski definition) is 3. The van der Waals surface area contributed by atoms with Crippen molar-refractivity contribution >= 4 is 16.8 Å². The van der Waals surface area contributed by atoms with Crippen molar-refractivity contribution in [3.8, 4) is 0 Å². The summed E-state index contributed by atoms with van der Waals surface area (Å²) in [5.41, 5.74) is 1.35. The molecule has 0 spiro atoms. The van der Waals surface area contributed by atoms with Crippen molar-refractivity contribution in [2.75, 3.05) is 19.6 Å². The highest BCUT2D eigenvalue weighted by molar-refractivity contribution is 5.94. The Bertz CT molecular complexity index is 591. The Hall–Kier alpha value is -1.94. The number of nitrogens with one attached hydrogen (secondary N) is 2. The van der Waals surface area contributed by atoms with Crippen molar-refractivity contribution in [3.63, 3.8) is 0 Å². The molecule has 1 aliphatic rings. The number of aromatic nitrogens is 1. The zero-order valence-electron chi connectivity index (χ0n) is 10.7. The molecular weight excluding hydrogens is 238 g/mol. The lowest BCUT2D eigenvalue weighted by atomic mass is 10.1. The van der Waals surface area contributed by atoms with Crippen LogP contribution in [-0.4, -0.2) is 30.5 Å². The first kappa shape index (κ1) is 12.1. The number of carbonyl (C=O) groups is 1. The molecule has 1 unspecified atom stereocenters. The first-order chi connectivity index (χ1) is 9.33. The minimum absolute atomic E-state index is 0.0855. The van der Waals surface area contributed by atoms with E-state index in [2.05, 4.69) is 15.6 Å². The van der Waals surface area contributed by atoms with Crippen molar-refractivity contribution < 1.29 is 4.79 Å². The molecule has 1 fully saturated rings. The summed E-state index contributed by atoms with van der Waals surface area (Å²) in [5.74, 6) is 0.460. The molecule has 2 aromatic rings. The van der Waals surface area contributed by atoms with E-state index in [9.17, 15) is 4.79 Å². The molecule has 0 radical (unpaired) electrons. The molecule has 1 amide bonds. The molecule has 1 atom stereocenters. The average molecular weight is 255 g/mol. The number of hydrogen-bond donors (Lipinski definition) is 2. The van der Waals surface area contributed by atoms with E-state index < -0.39 is 0 Å². The maximum atomic E-state index is 12.1. The maximum absolute atomic E-state index is 12.1. The number of pyridine rings is 1. The quantitative estimate of drug-likeness (QED) is 0.875. The molecule has 98 valence electrons. The van der Waals surface area contributed by atoms with Gasteiger partial charge in [0.15, 0.2) is 0 Å². The summed E-state index contributed by atoms with van der Waals surface area (Å²) in [4.78, 5) is 16.4. The van der Waals surface area contributed by atoms with Crippen LogP contribution in [0.25, 0.3) is 10.9 Å². The third kappa shape index (κ3) is 2.74. The summed E-state index contributed by atoms with van der Waals surface area (Å²) in [6.45, 7) is 2.76. The van der Waals surface area contributed by atoms with E-state index in [1.165, 1.54) is 0 Å². The van der Waals surface area contributed by atoms with Crippen LogP contribution in [0.15, 0.2) is 36.4 Å². The Labute approximate surface area is 112 Å². The van der Waals surface area contributed by atoms with Crippen molar-refractivity contribution in [1.29, 1.82) is 0 Å². The van der Waals surface area contributed by atoms with Gasteiger partial charge in [0.25, 0.3) is 5.91 Å². The molecule has 4 nitrogen and oxygen atoms in total. The zero-order chi connectivity index (χ0) is 13.1. The molecule has 3 rings (SSSR count). The van der Waals surface area contributed by atoms with E-state index in [1.807, 2.05) is 30.3 Å². The number of fused-ring (bicyclic) bond motifs is 1. The summed E-state index contributed by atoms with van der Waals surface area (Å²) >= 11 is 0. The van der Waals surface area contributed by atoms with Crippen molar-refractivity contribution in [2.45, 2.75) is 6.42 Å². The minimum atomic E-state index is -0.0855. The second kappa shape index (κ2) is 5.36. The third-order valence-electron chi connectivity index (χ3n) is 3.54. The van der Waals surface area contributed by atoms with Gasteiger partial charge in [-0.2, -0.15) is 0 Å². The molecule has 0 bridgehead atoms. The number of nitrogens with zero attached hydrogens (tertiary/aromatic N) is 1. The minimum Gasteiger partial charge on any atom is -0.350 e. The fraction of sp³-hybridized carbons (Fsp3) is 0.333. The smallest absolute Gasteiger partial charge is 0.269 e. The van der Waals surface area contributed by atoms with Crippen LogP contribution in [-0.2, 0) is 0 Å². The van der Waals surface area contributed by atoms with Gasteiger partial charge in [0, 0.05) is 11.9 Å². The largest absolute Gasteiger partial charge is 0.350 e. The van der Waals surface area contributed by atoms with Gasteiger partial charge in [0.2, 0.25) is 0 Å². The van der Waals surface area contributed by atoms with Crippen LogP contribution in [0.5, 0.6) is 0 Å². The maximum Gasteiger partial charge on any atom is 0.269 e. The van der Waals surface area contributed by atoms with E-state index in [-0.39, 0.29) is 5.91 Å². The van der Waals surface area contributed by atoms with Gasteiger partial charge in [-0.15, -0.1) is 0 Å². The lowest BCUT2D eigenvalue weighted by molar-refractivity contribution is 0.0943. The molecule has 19 heavy (non-hydrogen) atoms. The van der Waals surface area contributed by atoms with Gasteiger partial charge in [-0.1, -0.05) is 24.3 Å². The van der Waals surface area contributed by atoms with Crippen LogP contribution in [0, 0.1) is 5.92 Å².